The number of ketones is 1. The van der Waals surface area contributed by atoms with Gasteiger partial charge in [-0.15, -0.1) is 0 Å². The van der Waals surface area contributed by atoms with E-state index < -0.39 is 16.2 Å². The van der Waals surface area contributed by atoms with Crippen LogP contribution in [0.5, 0.6) is 11.5 Å². The lowest BCUT2D eigenvalue weighted by molar-refractivity contribution is -0.130. The standard InChI is InChI=1S/C27H33N3O4S/c1-16-13-28-21(17(2)24(16)34-6)14-35(32)25-29-20-12-19(33-5)7-8-22(20)30(25)15-27-10-9-18(11-23(27)31)26(27,3)4/h7-8,12-13,18H,9-11,14-15H2,1-6H3. The predicted octanol–water partition coefficient (Wildman–Crippen LogP) is 4.77. The molecule has 2 aliphatic rings. The number of carbonyl (C=O) groups excluding carboxylic acids is 1. The number of carbonyl (C=O) groups is 1. The monoisotopic (exact) mass is 495 g/mol. The summed E-state index contributed by atoms with van der Waals surface area (Å²) < 4.78 is 26.8. The summed E-state index contributed by atoms with van der Waals surface area (Å²) in [6, 6.07) is 5.71. The Labute approximate surface area is 208 Å². The van der Waals surface area contributed by atoms with Gasteiger partial charge < -0.3 is 14.0 Å². The van der Waals surface area contributed by atoms with E-state index in [1.807, 2.05) is 36.6 Å². The molecule has 1 aromatic carbocycles. The number of imidazole rings is 1. The molecule has 0 saturated heterocycles. The molecule has 2 bridgehead atoms. The second-order valence-electron chi connectivity index (χ2n) is 10.5. The van der Waals surface area contributed by atoms with Crippen LogP contribution in [0.1, 0.15) is 49.9 Å². The van der Waals surface area contributed by atoms with Gasteiger partial charge in [0.15, 0.2) is 0 Å². The molecule has 35 heavy (non-hydrogen) atoms. The van der Waals surface area contributed by atoms with Crippen LogP contribution in [0.25, 0.3) is 11.0 Å². The van der Waals surface area contributed by atoms with Crippen LogP contribution in [-0.4, -0.2) is 38.7 Å². The number of Topliss-reactive ketones (excluding diaryl/α,β-unsaturated/α-hetero) is 1. The number of rotatable bonds is 7. The van der Waals surface area contributed by atoms with Crippen molar-refractivity contribution in [2.45, 2.75) is 64.4 Å². The number of benzene rings is 1. The van der Waals surface area contributed by atoms with Crippen molar-refractivity contribution < 1.29 is 18.5 Å². The number of hydrogen-bond donors (Lipinski definition) is 0. The number of aromatic nitrogens is 3. The van der Waals surface area contributed by atoms with Crippen molar-refractivity contribution >= 4 is 27.6 Å². The molecule has 2 aromatic heterocycles. The van der Waals surface area contributed by atoms with E-state index in [0.717, 1.165) is 40.9 Å². The van der Waals surface area contributed by atoms with Crippen molar-refractivity contribution in [2.75, 3.05) is 14.2 Å². The molecule has 3 aromatic rings. The van der Waals surface area contributed by atoms with Crippen LogP contribution >= 0.6 is 0 Å². The SMILES string of the molecule is COc1ccc2c(c1)nc(S(=O)Cc1ncc(C)c(OC)c1C)n2CC12CCC(CC1=O)C2(C)C. The van der Waals surface area contributed by atoms with E-state index in [9.17, 15) is 9.00 Å². The van der Waals surface area contributed by atoms with E-state index >= 15 is 0 Å². The minimum Gasteiger partial charge on any atom is -0.497 e. The highest BCUT2D eigenvalue weighted by molar-refractivity contribution is 7.84. The predicted molar refractivity (Wildman–Crippen MR) is 135 cm³/mol. The molecular formula is C27H33N3O4S. The van der Waals surface area contributed by atoms with E-state index in [0.29, 0.717) is 41.1 Å². The molecule has 2 saturated carbocycles. The molecule has 7 nitrogen and oxygen atoms in total. The van der Waals surface area contributed by atoms with E-state index in [2.05, 4.69) is 18.8 Å². The van der Waals surface area contributed by atoms with Gasteiger partial charge in [-0.3, -0.25) is 14.0 Å². The van der Waals surface area contributed by atoms with Gasteiger partial charge in [0.1, 0.15) is 17.3 Å². The van der Waals surface area contributed by atoms with Gasteiger partial charge in [-0.1, -0.05) is 13.8 Å². The largest absolute Gasteiger partial charge is 0.497 e. The summed E-state index contributed by atoms with van der Waals surface area (Å²) in [5.74, 6) is 2.41. The summed E-state index contributed by atoms with van der Waals surface area (Å²) in [4.78, 5) is 22.7. The molecule has 0 aliphatic heterocycles. The fourth-order valence-corrected chi connectivity index (χ4v) is 7.63. The van der Waals surface area contributed by atoms with E-state index in [1.165, 1.54) is 0 Å². The Morgan fingerprint density at radius 3 is 2.60 bits per heavy atom. The Hall–Kier alpha value is -2.74. The average molecular weight is 496 g/mol. The Morgan fingerprint density at radius 2 is 1.97 bits per heavy atom. The van der Waals surface area contributed by atoms with Gasteiger partial charge in [-0.2, -0.15) is 0 Å². The van der Waals surface area contributed by atoms with Gasteiger partial charge >= 0.3 is 0 Å². The molecule has 0 amide bonds. The number of nitrogens with zero attached hydrogens (tertiary/aromatic N) is 3. The molecule has 0 N–H and O–H groups in total. The van der Waals surface area contributed by atoms with Crippen LogP contribution in [0.2, 0.25) is 0 Å². The maximum absolute atomic E-state index is 13.8. The van der Waals surface area contributed by atoms with E-state index in [-0.39, 0.29) is 11.2 Å². The highest BCUT2D eigenvalue weighted by atomic mass is 32.2. The third-order valence-corrected chi connectivity index (χ3v) is 9.96. The summed E-state index contributed by atoms with van der Waals surface area (Å²) >= 11 is 0. The molecule has 2 aliphatic carbocycles. The topological polar surface area (TPSA) is 83.3 Å². The fourth-order valence-electron chi connectivity index (χ4n) is 6.36. The van der Waals surface area contributed by atoms with Crippen LogP contribution in [0.3, 0.4) is 0 Å². The van der Waals surface area contributed by atoms with Gasteiger partial charge in [0.25, 0.3) is 0 Å². The zero-order chi connectivity index (χ0) is 25.1. The third-order valence-electron chi connectivity index (χ3n) is 8.71. The maximum atomic E-state index is 13.8. The molecular weight excluding hydrogens is 462 g/mol. The number of fused-ring (bicyclic) bond motifs is 3. The van der Waals surface area contributed by atoms with Crippen molar-refractivity contribution in [1.29, 1.82) is 0 Å². The Bertz CT molecular complexity index is 1360. The quantitative estimate of drug-likeness (QED) is 0.470. The second-order valence-corrected chi connectivity index (χ2v) is 11.9. The van der Waals surface area contributed by atoms with Crippen LogP contribution in [0.15, 0.2) is 29.6 Å². The first-order valence-corrected chi connectivity index (χ1v) is 13.4. The van der Waals surface area contributed by atoms with Crippen LogP contribution < -0.4 is 9.47 Å². The van der Waals surface area contributed by atoms with E-state index in [1.54, 1.807) is 20.4 Å². The van der Waals surface area contributed by atoms with Crippen molar-refractivity contribution in [1.82, 2.24) is 14.5 Å². The van der Waals surface area contributed by atoms with Gasteiger partial charge in [0.2, 0.25) is 5.16 Å². The summed E-state index contributed by atoms with van der Waals surface area (Å²) in [5, 5.41) is 0.474. The summed E-state index contributed by atoms with van der Waals surface area (Å²) in [6.45, 7) is 8.82. The number of pyridine rings is 1. The van der Waals surface area contributed by atoms with Crippen molar-refractivity contribution in [3.63, 3.8) is 0 Å². The van der Waals surface area contributed by atoms with Gasteiger partial charge in [0, 0.05) is 36.4 Å². The molecule has 8 heteroatoms. The lowest BCUT2D eigenvalue weighted by atomic mass is 9.69. The van der Waals surface area contributed by atoms with Crippen LogP contribution in [0, 0.1) is 30.6 Å². The molecule has 5 rings (SSSR count). The Balaban J connectivity index is 1.60. The summed E-state index contributed by atoms with van der Waals surface area (Å²) in [7, 11) is 1.78. The number of methoxy groups -OCH3 is 2. The first kappa shape index (κ1) is 24.0. The van der Waals surface area contributed by atoms with E-state index in [4.69, 9.17) is 14.5 Å². The number of ether oxygens (including phenoxy) is 2. The minimum absolute atomic E-state index is 0.103. The molecule has 186 valence electrons. The summed E-state index contributed by atoms with van der Waals surface area (Å²) in [6.07, 6.45) is 4.31. The Kier molecular flexibility index (Phi) is 5.78. The van der Waals surface area contributed by atoms with Crippen LogP contribution in [0.4, 0.5) is 0 Å². The molecule has 0 radical (unpaired) electrons. The zero-order valence-corrected chi connectivity index (χ0v) is 22.1. The highest BCUT2D eigenvalue weighted by Gasteiger charge is 2.64. The molecule has 0 spiro atoms. The molecule has 2 heterocycles. The Morgan fingerprint density at radius 1 is 1.20 bits per heavy atom. The number of aryl methyl sites for hydroxylation is 1. The zero-order valence-electron chi connectivity index (χ0n) is 21.3. The van der Waals surface area contributed by atoms with Gasteiger partial charge in [0.05, 0.1) is 52.9 Å². The third kappa shape index (κ3) is 3.51. The van der Waals surface area contributed by atoms with Crippen molar-refractivity contribution in [2.24, 2.45) is 16.7 Å². The smallest absolute Gasteiger partial charge is 0.200 e. The summed E-state index contributed by atoms with van der Waals surface area (Å²) in [5.41, 5.74) is 3.56. The number of hydrogen-bond acceptors (Lipinski definition) is 6. The highest BCUT2D eigenvalue weighted by Crippen LogP contribution is 2.64. The van der Waals surface area contributed by atoms with Gasteiger partial charge in [-0.05, 0) is 50.2 Å². The maximum Gasteiger partial charge on any atom is 0.200 e. The molecule has 3 atom stereocenters. The second kappa shape index (κ2) is 8.43. The van der Waals surface area contributed by atoms with Crippen molar-refractivity contribution in [3.05, 3.63) is 41.2 Å². The first-order chi connectivity index (χ1) is 16.6. The lowest BCUT2D eigenvalue weighted by Gasteiger charge is -2.37. The fraction of sp³-hybridized carbons (Fsp3) is 0.519. The van der Waals surface area contributed by atoms with Gasteiger partial charge in [-0.25, -0.2) is 4.98 Å². The normalized spacial score (nSPS) is 23.7. The molecule has 2 fully saturated rings. The molecule has 3 unspecified atom stereocenters. The van der Waals surface area contributed by atoms with Crippen LogP contribution in [-0.2, 0) is 27.9 Å². The average Bonchev–Trinajstić information content (AvgIpc) is 3.37. The minimum atomic E-state index is -1.48. The first-order valence-electron chi connectivity index (χ1n) is 12.1. The lowest BCUT2D eigenvalue weighted by Crippen LogP contribution is -2.40. The van der Waals surface area contributed by atoms with Crippen molar-refractivity contribution in [3.8, 4) is 11.5 Å².